The number of fused-ring (bicyclic) bond motifs is 4. The van der Waals surface area contributed by atoms with Crippen molar-refractivity contribution in [2.24, 2.45) is 0 Å². The van der Waals surface area contributed by atoms with Gasteiger partial charge in [-0.2, -0.15) is 0 Å². The minimum Gasteiger partial charge on any atom is -0.286 e. The first-order valence-corrected chi connectivity index (χ1v) is 14.4. The van der Waals surface area contributed by atoms with Gasteiger partial charge in [-0.3, -0.25) is 14.2 Å². The molecule has 1 saturated carbocycles. The third kappa shape index (κ3) is 4.85. The molecule has 192 valence electrons. The quantitative estimate of drug-likeness (QED) is 0.198. The van der Waals surface area contributed by atoms with Crippen LogP contribution in [0.2, 0.25) is 5.02 Å². The lowest BCUT2D eigenvalue weighted by Gasteiger charge is -2.42. The van der Waals surface area contributed by atoms with Crippen LogP contribution in [-0.4, -0.2) is 14.7 Å². The van der Waals surface area contributed by atoms with Gasteiger partial charge in [-0.1, -0.05) is 97.6 Å². The molecule has 0 unspecified atom stereocenters. The summed E-state index contributed by atoms with van der Waals surface area (Å²) in [4.78, 5) is 32.9. The van der Waals surface area contributed by atoms with Crippen molar-refractivity contribution < 1.29 is 4.79 Å². The SMILES string of the molecule is O=C(Cc1ccc(Cl)cc1)Sc1nc2c(c(=O)n1Cc1ccccc1)C1(CCCCC1)Cc1ccccc1-2. The summed E-state index contributed by atoms with van der Waals surface area (Å²) in [5.41, 5.74) is 5.59. The van der Waals surface area contributed by atoms with Crippen LogP contribution >= 0.6 is 23.4 Å². The molecule has 0 aliphatic heterocycles. The van der Waals surface area contributed by atoms with Crippen molar-refractivity contribution in [3.05, 3.63) is 116 Å². The summed E-state index contributed by atoms with van der Waals surface area (Å²) in [5.74, 6) is 0. The van der Waals surface area contributed by atoms with E-state index in [0.717, 1.165) is 71.8 Å². The van der Waals surface area contributed by atoms with E-state index in [0.29, 0.717) is 16.7 Å². The van der Waals surface area contributed by atoms with Crippen LogP contribution in [0, 0.1) is 0 Å². The van der Waals surface area contributed by atoms with Gasteiger partial charge in [-0.25, -0.2) is 4.98 Å². The van der Waals surface area contributed by atoms with Gasteiger partial charge in [-0.05, 0) is 59.8 Å². The van der Waals surface area contributed by atoms with Gasteiger partial charge in [0.05, 0.1) is 17.8 Å². The summed E-state index contributed by atoms with van der Waals surface area (Å²) in [6, 6.07) is 25.6. The molecule has 6 rings (SSSR count). The van der Waals surface area contributed by atoms with Gasteiger partial charge >= 0.3 is 0 Å². The Morgan fingerprint density at radius 2 is 1.61 bits per heavy atom. The second-order valence-corrected chi connectivity index (χ2v) is 11.9. The fourth-order valence-electron chi connectivity index (χ4n) is 6.11. The zero-order valence-corrected chi connectivity index (χ0v) is 22.7. The van der Waals surface area contributed by atoms with E-state index in [9.17, 15) is 9.59 Å². The molecule has 2 aliphatic rings. The monoisotopic (exact) mass is 540 g/mol. The van der Waals surface area contributed by atoms with E-state index in [1.807, 2.05) is 48.5 Å². The van der Waals surface area contributed by atoms with Crippen molar-refractivity contribution in [1.82, 2.24) is 9.55 Å². The zero-order chi connectivity index (χ0) is 26.1. The van der Waals surface area contributed by atoms with E-state index in [1.54, 1.807) is 16.7 Å². The summed E-state index contributed by atoms with van der Waals surface area (Å²) in [7, 11) is 0. The first-order chi connectivity index (χ1) is 18.5. The Morgan fingerprint density at radius 3 is 2.37 bits per heavy atom. The molecule has 0 N–H and O–H groups in total. The number of carbonyl (C=O) groups is 1. The molecule has 3 aromatic carbocycles. The number of benzene rings is 3. The smallest absolute Gasteiger partial charge is 0.258 e. The summed E-state index contributed by atoms with van der Waals surface area (Å²) in [5, 5.41) is 1.04. The summed E-state index contributed by atoms with van der Waals surface area (Å²) in [6.45, 7) is 0.383. The first kappa shape index (κ1) is 25.1. The maximum atomic E-state index is 14.5. The predicted molar refractivity (Wildman–Crippen MR) is 154 cm³/mol. The molecule has 6 heteroatoms. The molecule has 0 bridgehead atoms. The lowest BCUT2D eigenvalue weighted by Crippen LogP contribution is -2.43. The van der Waals surface area contributed by atoms with E-state index in [-0.39, 0.29) is 22.5 Å². The number of rotatable bonds is 5. The van der Waals surface area contributed by atoms with Gasteiger partial charge in [0.2, 0.25) is 5.12 Å². The van der Waals surface area contributed by atoms with E-state index in [4.69, 9.17) is 16.6 Å². The minimum atomic E-state index is -0.193. The van der Waals surface area contributed by atoms with Gasteiger partial charge in [-0.15, -0.1) is 0 Å². The highest BCUT2D eigenvalue weighted by molar-refractivity contribution is 8.13. The van der Waals surface area contributed by atoms with Gasteiger partial charge in [0.15, 0.2) is 5.16 Å². The normalized spacial score (nSPS) is 15.6. The Hall–Kier alpha value is -3.15. The molecule has 1 aromatic heterocycles. The summed E-state index contributed by atoms with van der Waals surface area (Å²) >= 11 is 7.09. The van der Waals surface area contributed by atoms with Crippen LogP contribution in [-0.2, 0) is 29.6 Å². The molecular formula is C32H29ClN2O2S. The Labute approximate surface area is 232 Å². The van der Waals surface area contributed by atoms with Gasteiger partial charge in [0, 0.05) is 22.4 Å². The van der Waals surface area contributed by atoms with Crippen molar-refractivity contribution in [3.63, 3.8) is 0 Å². The number of halogens is 1. The molecule has 4 aromatic rings. The van der Waals surface area contributed by atoms with Gasteiger partial charge in [0.1, 0.15) is 0 Å². The third-order valence-electron chi connectivity index (χ3n) is 7.93. The Morgan fingerprint density at radius 1 is 0.895 bits per heavy atom. The van der Waals surface area contributed by atoms with Crippen LogP contribution in [0.15, 0.2) is 88.8 Å². The summed E-state index contributed by atoms with van der Waals surface area (Å²) in [6.07, 6.45) is 6.56. The van der Waals surface area contributed by atoms with Gasteiger partial charge in [0.25, 0.3) is 5.56 Å². The molecule has 38 heavy (non-hydrogen) atoms. The van der Waals surface area contributed by atoms with Crippen molar-refractivity contribution >= 4 is 28.5 Å². The average Bonchev–Trinajstić information content (AvgIpc) is 2.93. The molecule has 1 spiro atoms. The number of hydrogen-bond donors (Lipinski definition) is 0. The van der Waals surface area contributed by atoms with Crippen molar-refractivity contribution in [1.29, 1.82) is 0 Å². The van der Waals surface area contributed by atoms with Crippen molar-refractivity contribution in [2.45, 2.75) is 62.1 Å². The first-order valence-electron chi connectivity index (χ1n) is 13.3. The molecule has 1 heterocycles. The largest absolute Gasteiger partial charge is 0.286 e. The number of nitrogens with zero attached hydrogens (tertiary/aromatic N) is 2. The molecule has 0 saturated heterocycles. The highest BCUT2D eigenvalue weighted by Crippen LogP contribution is 2.48. The van der Waals surface area contributed by atoms with Crippen LogP contribution in [0.3, 0.4) is 0 Å². The lowest BCUT2D eigenvalue weighted by molar-refractivity contribution is -0.110. The topological polar surface area (TPSA) is 52.0 Å². The van der Waals surface area contributed by atoms with E-state index in [2.05, 4.69) is 18.2 Å². The van der Waals surface area contributed by atoms with Crippen LogP contribution < -0.4 is 5.56 Å². The van der Waals surface area contributed by atoms with Crippen LogP contribution in [0.4, 0.5) is 0 Å². The predicted octanol–water partition coefficient (Wildman–Crippen LogP) is 7.23. The summed E-state index contributed by atoms with van der Waals surface area (Å²) < 4.78 is 1.74. The Bertz CT molecular complexity index is 1540. The number of hydrogen-bond acceptors (Lipinski definition) is 4. The lowest BCUT2D eigenvalue weighted by atomic mass is 9.62. The van der Waals surface area contributed by atoms with Crippen LogP contribution in [0.25, 0.3) is 11.3 Å². The van der Waals surface area contributed by atoms with Crippen molar-refractivity contribution in [2.75, 3.05) is 0 Å². The fraction of sp³-hybridized carbons (Fsp3) is 0.281. The number of carbonyl (C=O) groups excluding carboxylic acids is 1. The maximum Gasteiger partial charge on any atom is 0.258 e. The molecule has 4 nitrogen and oxygen atoms in total. The van der Waals surface area contributed by atoms with Crippen LogP contribution in [0.1, 0.15) is 54.4 Å². The molecule has 0 atom stereocenters. The molecule has 0 radical (unpaired) electrons. The van der Waals surface area contributed by atoms with E-state index < -0.39 is 0 Å². The highest BCUT2D eigenvalue weighted by atomic mass is 35.5. The van der Waals surface area contributed by atoms with Crippen molar-refractivity contribution in [3.8, 4) is 11.3 Å². The molecule has 2 aliphatic carbocycles. The fourth-order valence-corrected chi connectivity index (χ4v) is 7.07. The number of aromatic nitrogens is 2. The second kappa shape index (κ2) is 10.5. The van der Waals surface area contributed by atoms with Gasteiger partial charge < -0.3 is 0 Å². The molecular weight excluding hydrogens is 512 g/mol. The van der Waals surface area contributed by atoms with E-state index >= 15 is 0 Å². The Kier molecular flexibility index (Phi) is 6.98. The average molecular weight is 541 g/mol. The van der Waals surface area contributed by atoms with E-state index in [1.165, 1.54) is 12.0 Å². The number of thioether (sulfide) groups is 1. The zero-order valence-electron chi connectivity index (χ0n) is 21.2. The third-order valence-corrected chi connectivity index (χ3v) is 9.05. The molecule has 0 amide bonds. The standard InChI is InChI=1S/C32H29ClN2O2S/c33-25-15-13-22(14-16-25)19-27(36)38-31-34-29-26-12-6-5-11-24(26)20-32(17-7-2-8-18-32)28(29)30(37)35(31)21-23-9-3-1-4-10-23/h1,3-6,9-16H,2,7-8,17-21H2. The second-order valence-electron chi connectivity index (χ2n) is 10.4. The molecule has 1 fully saturated rings. The highest BCUT2D eigenvalue weighted by Gasteiger charge is 2.43. The van der Waals surface area contributed by atoms with Crippen LogP contribution in [0.5, 0.6) is 0 Å². The minimum absolute atomic E-state index is 0.00273. The maximum absolute atomic E-state index is 14.5. The Balaban J connectivity index is 1.49.